The molecule has 0 aliphatic carbocycles. The fourth-order valence-corrected chi connectivity index (χ4v) is 3.19. The molecule has 1 N–H and O–H groups in total. The summed E-state index contributed by atoms with van der Waals surface area (Å²) in [5, 5.41) is 3.30. The number of halogens is 1. The molecule has 0 aromatic heterocycles. The van der Waals surface area contributed by atoms with Gasteiger partial charge in [-0.15, -0.1) is 12.4 Å². The highest BCUT2D eigenvalue weighted by Gasteiger charge is 2.22. The Morgan fingerprint density at radius 3 is 2.42 bits per heavy atom. The lowest BCUT2D eigenvalue weighted by molar-refractivity contribution is 0.314. The van der Waals surface area contributed by atoms with Gasteiger partial charge in [0, 0.05) is 13.1 Å². The number of hydrogen-bond donors (Lipinski definition) is 1. The summed E-state index contributed by atoms with van der Waals surface area (Å²) in [6, 6.07) is 4.62. The van der Waals surface area contributed by atoms with Crippen molar-refractivity contribution in [3.8, 4) is 0 Å². The van der Waals surface area contributed by atoms with Crippen molar-refractivity contribution in [3.63, 3.8) is 0 Å². The van der Waals surface area contributed by atoms with Crippen LogP contribution in [0.5, 0.6) is 0 Å². The molecular formula is C16H27ClN2. The highest BCUT2D eigenvalue weighted by molar-refractivity contribution is 5.85. The Morgan fingerprint density at radius 2 is 1.84 bits per heavy atom. The maximum absolute atomic E-state index is 3.30. The van der Waals surface area contributed by atoms with Gasteiger partial charge in [-0.2, -0.15) is 0 Å². The van der Waals surface area contributed by atoms with Gasteiger partial charge in [0.05, 0.1) is 0 Å². The van der Waals surface area contributed by atoms with Crippen LogP contribution < -0.4 is 5.32 Å². The highest BCUT2D eigenvalue weighted by atomic mass is 35.5. The monoisotopic (exact) mass is 282 g/mol. The lowest BCUT2D eigenvalue weighted by Crippen LogP contribution is -2.24. The van der Waals surface area contributed by atoms with E-state index in [1.54, 1.807) is 0 Å². The Morgan fingerprint density at radius 1 is 1.21 bits per heavy atom. The van der Waals surface area contributed by atoms with Crippen molar-refractivity contribution in [3.05, 3.63) is 34.4 Å². The Bertz CT molecular complexity index is 394. The molecule has 0 bridgehead atoms. The second-order valence-corrected chi connectivity index (χ2v) is 5.82. The Balaban J connectivity index is 0.00000180. The average molecular weight is 283 g/mol. The molecule has 1 saturated heterocycles. The van der Waals surface area contributed by atoms with Crippen LogP contribution in [0.3, 0.4) is 0 Å². The molecule has 1 aromatic rings. The van der Waals surface area contributed by atoms with E-state index in [-0.39, 0.29) is 12.4 Å². The van der Waals surface area contributed by atoms with Gasteiger partial charge in [-0.25, -0.2) is 0 Å². The number of benzene rings is 1. The van der Waals surface area contributed by atoms with Crippen LogP contribution in [0.1, 0.15) is 28.7 Å². The molecule has 0 saturated carbocycles. The highest BCUT2D eigenvalue weighted by Crippen LogP contribution is 2.22. The lowest BCUT2D eigenvalue weighted by Gasteiger charge is -2.19. The van der Waals surface area contributed by atoms with E-state index in [1.165, 1.54) is 41.8 Å². The third-order valence-electron chi connectivity index (χ3n) is 4.08. The summed E-state index contributed by atoms with van der Waals surface area (Å²) in [5.74, 6) is 0.834. The predicted molar refractivity (Wildman–Crippen MR) is 85.2 cm³/mol. The molecule has 0 spiro atoms. The minimum Gasteiger partial charge on any atom is -0.319 e. The second kappa shape index (κ2) is 7.28. The van der Waals surface area contributed by atoms with Crippen LogP contribution in [-0.4, -0.2) is 31.6 Å². The third-order valence-corrected chi connectivity index (χ3v) is 4.08. The van der Waals surface area contributed by atoms with Crippen molar-refractivity contribution in [2.24, 2.45) is 5.92 Å². The number of nitrogens with zero attached hydrogens (tertiary/aromatic N) is 1. The van der Waals surface area contributed by atoms with E-state index in [1.807, 2.05) is 0 Å². The quantitative estimate of drug-likeness (QED) is 0.913. The summed E-state index contributed by atoms with van der Waals surface area (Å²) < 4.78 is 0. The molecule has 0 radical (unpaired) electrons. The van der Waals surface area contributed by atoms with Gasteiger partial charge >= 0.3 is 0 Å². The van der Waals surface area contributed by atoms with Crippen molar-refractivity contribution < 1.29 is 0 Å². The van der Waals surface area contributed by atoms with E-state index >= 15 is 0 Å². The first-order valence-electron chi connectivity index (χ1n) is 7.04. The van der Waals surface area contributed by atoms with Crippen molar-refractivity contribution >= 4 is 12.4 Å². The second-order valence-electron chi connectivity index (χ2n) is 5.82. The maximum atomic E-state index is 3.30. The molecule has 2 nitrogen and oxygen atoms in total. The zero-order chi connectivity index (χ0) is 13.1. The predicted octanol–water partition coefficient (Wildman–Crippen LogP) is 3.07. The molecule has 1 unspecified atom stereocenters. The molecule has 1 aliphatic rings. The lowest BCUT2D eigenvalue weighted by atomic mass is 9.99. The first-order chi connectivity index (χ1) is 8.60. The molecule has 1 atom stereocenters. The van der Waals surface area contributed by atoms with Gasteiger partial charge in [-0.1, -0.05) is 17.7 Å². The first kappa shape index (κ1) is 16.5. The minimum atomic E-state index is 0. The van der Waals surface area contributed by atoms with Crippen molar-refractivity contribution in [2.75, 3.05) is 26.7 Å². The van der Waals surface area contributed by atoms with Crippen molar-refractivity contribution in [2.45, 2.75) is 33.7 Å². The smallest absolute Gasteiger partial charge is 0.0239 e. The summed E-state index contributed by atoms with van der Waals surface area (Å²) >= 11 is 0. The van der Waals surface area contributed by atoms with Gasteiger partial charge < -0.3 is 5.32 Å². The van der Waals surface area contributed by atoms with Crippen LogP contribution in [0.15, 0.2) is 12.1 Å². The Labute approximate surface area is 124 Å². The van der Waals surface area contributed by atoms with Crippen LogP contribution >= 0.6 is 12.4 Å². The van der Waals surface area contributed by atoms with Gasteiger partial charge in [-0.05, 0) is 69.9 Å². The fourth-order valence-electron chi connectivity index (χ4n) is 3.19. The molecule has 3 heteroatoms. The number of aryl methyl sites for hydroxylation is 3. The van der Waals surface area contributed by atoms with Gasteiger partial charge in [-0.3, -0.25) is 4.90 Å². The van der Waals surface area contributed by atoms with Crippen LogP contribution in [0.2, 0.25) is 0 Å². The van der Waals surface area contributed by atoms with E-state index in [0.29, 0.717) is 0 Å². The summed E-state index contributed by atoms with van der Waals surface area (Å²) in [5.41, 5.74) is 5.81. The Hall–Kier alpha value is -0.570. The van der Waals surface area contributed by atoms with Crippen LogP contribution in [-0.2, 0) is 6.54 Å². The number of likely N-dealkylation sites (tertiary alicyclic amines) is 1. The largest absolute Gasteiger partial charge is 0.319 e. The SMILES string of the molecule is CNCC1CCN(Cc2c(C)cc(C)cc2C)C1.Cl. The molecule has 1 heterocycles. The number of hydrogen-bond acceptors (Lipinski definition) is 2. The molecule has 1 aliphatic heterocycles. The standard InChI is InChI=1S/C16H26N2.ClH/c1-12-7-13(2)16(14(3)8-12)11-18-6-5-15(10-18)9-17-4;/h7-8,15,17H,5-6,9-11H2,1-4H3;1H. The topological polar surface area (TPSA) is 15.3 Å². The fraction of sp³-hybridized carbons (Fsp3) is 0.625. The average Bonchev–Trinajstić information content (AvgIpc) is 2.72. The van der Waals surface area contributed by atoms with Gasteiger partial charge in [0.1, 0.15) is 0 Å². The molecule has 1 fully saturated rings. The molecule has 2 rings (SSSR count). The van der Waals surface area contributed by atoms with E-state index in [4.69, 9.17) is 0 Å². The van der Waals surface area contributed by atoms with Crippen LogP contribution in [0.4, 0.5) is 0 Å². The summed E-state index contributed by atoms with van der Waals surface area (Å²) in [6.45, 7) is 11.4. The first-order valence-corrected chi connectivity index (χ1v) is 7.04. The van der Waals surface area contributed by atoms with E-state index in [9.17, 15) is 0 Å². The third kappa shape index (κ3) is 4.20. The van der Waals surface area contributed by atoms with E-state index in [2.05, 4.69) is 50.2 Å². The molecule has 1 aromatic carbocycles. The minimum absolute atomic E-state index is 0. The summed E-state index contributed by atoms with van der Waals surface area (Å²) in [6.07, 6.45) is 1.34. The summed E-state index contributed by atoms with van der Waals surface area (Å²) in [7, 11) is 2.05. The number of rotatable bonds is 4. The van der Waals surface area contributed by atoms with Gasteiger partial charge in [0.15, 0.2) is 0 Å². The van der Waals surface area contributed by atoms with E-state index < -0.39 is 0 Å². The van der Waals surface area contributed by atoms with E-state index in [0.717, 1.165) is 19.0 Å². The summed E-state index contributed by atoms with van der Waals surface area (Å²) in [4.78, 5) is 2.60. The van der Waals surface area contributed by atoms with Gasteiger partial charge in [0.25, 0.3) is 0 Å². The van der Waals surface area contributed by atoms with Crippen molar-refractivity contribution in [1.29, 1.82) is 0 Å². The zero-order valence-corrected chi connectivity index (χ0v) is 13.4. The molecular weight excluding hydrogens is 256 g/mol. The van der Waals surface area contributed by atoms with Crippen LogP contribution in [0.25, 0.3) is 0 Å². The zero-order valence-electron chi connectivity index (χ0n) is 12.6. The molecule has 19 heavy (non-hydrogen) atoms. The maximum Gasteiger partial charge on any atom is 0.0239 e. The van der Waals surface area contributed by atoms with Crippen LogP contribution in [0, 0.1) is 26.7 Å². The Kier molecular flexibility index (Phi) is 6.31. The molecule has 0 amide bonds. The molecule has 108 valence electrons. The van der Waals surface area contributed by atoms with Gasteiger partial charge in [0.2, 0.25) is 0 Å². The normalized spacial score (nSPS) is 19.5. The number of nitrogens with one attached hydrogen (secondary N) is 1. The van der Waals surface area contributed by atoms with Crippen molar-refractivity contribution in [1.82, 2.24) is 10.2 Å².